The first-order valence-electron chi connectivity index (χ1n) is 8.99. The molecule has 0 radical (unpaired) electrons. The fraction of sp³-hybridized carbons (Fsp3) is 0.571. The Labute approximate surface area is 152 Å². The van der Waals surface area contributed by atoms with Gasteiger partial charge in [0.25, 0.3) is 0 Å². The van der Waals surface area contributed by atoms with E-state index < -0.39 is 0 Å². The molecule has 0 atom stereocenters. The summed E-state index contributed by atoms with van der Waals surface area (Å²) < 4.78 is 6.21. The summed E-state index contributed by atoms with van der Waals surface area (Å²) in [6.07, 6.45) is 0. The molecule has 0 amide bonds. The number of aromatic amines is 1. The number of benzene rings is 1. The molecular formula is C21H33N3O. The molecule has 2 rings (SSSR count). The zero-order valence-electron chi connectivity index (χ0n) is 17.0. The van der Waals surface area contributed by atoms with Crippen molar-refractivity contribution < 1.29 is 4.74 Å². The summed E-state index contributed by atoms with van der Waals surface area (Å²) in [4.78, 5) is 0. The Morgan fingerprint density at radius 1 is 1.08 bits per heavy atom. The lowest BCUT2D eigenvalue weighted by Crippen LogP contribution is -2.18. The van der Waals surface area contributed by atoms with Gasteiger partial charge in [0.15, 0.2) is 0 Å². The van der Waals surface area contributed by atoms with Crippen LogP contribution in [0.4, 0.5) is 0 Å². The molecule has 1 aromatic heterocycles. The van der Waals surface area contributed by atoms with E-state index >= 15 is 0 Å². The average molecular weight is 344 g/mol. The van der Waals surface area contributed by atoms with Gasteiger partial charge >= 0.3 is 0 Å². The van der Waals surface area contributed by atoms with Gasteiger partial charge in [-0.25, -0.2) is 0 Å². The van der Waals surface area contributed by atoms with Crippen molar-refractivity contribution in [2.45, 2.75) is 72.4 Å². The summed E-state index contributed by atoms with van der Waals surface area (Å²) in [5.74, 6) is 0.941. The van der Waals surface area contributed by atoms with Crippen molar-refractivity contribution in [3.8, 4) is 5.75 Å². The number of hydrogen-bond acceptors (Lipinski definition) is 3. The molecule has 0 aliphatic carbocycles. The maximum Gasteiger partial charge on any atom is 0.132 e. The third-order valence-corrected chi connectivity index (χ3v) is 4.53. The largest absolute Gasteiger partial charge is 0.487 e. The van der Waals surface area contributed by atoms with Crippen molar-refractivity contribution in [1.82, 2.24) is 15.5 Å². The maximum atomic E-state index is 6.21. The Kier molecular flexibility index (Phi) is 5.62. The van der Waals surface area contributed by atoms with E-state index in [1.165, 1.54) is 16.7 Å². The third kappa shape index (κ3) is 4.63. The van der Waals surface area contributed by atoms with E-state index in [1.807, 2.05) is 14.0 Å². The highest BCUT2D eigenvalue weighted by Gasteiger charge is 2.23. The standard InChI is InChI=1S/C21H33N3O/c1-14-16(12-22-8)18(24-23-14)13-25-19-10-9-15(20(2,3)4)11-17(19)21(5,6)7/h9-11,22H,12-13H2,1-8H3,(H,23,24). The average Bonchev–Trinajstić information content (AvgIpc) is 2.84. The highest BCUT2D eigenvalue weighted by Crippen LogP contribution is 2.35. The van der Waals surface area contributed by atoms with Crippen LogP contribution in [0.25, 0.3) is 0 Å². The van der Waals surface area contributed by atoms with Crippen molar-refractivity contribution in [2.24, 2.45) is 0 Å². The summed E-state index contributed by atoms with van der Waals surface area (Å²) >= 11 is 0. The molecule has 0 aliphatic rings. The summed E-state index contributed by atoms with van der Waals surface area (Å²) in [6, 6.07) is 6.58. The lowest BCUT2D eigenvalue weighted by atomic mass is 9.80. The molecule has 4 nitrogen and oxygen atoms in total. The number of nitrogens with one attached hydrogen (secondary N) is 2. The van der Waals surface area contributed by atoms with Crippen molar-refractivity contribution >= 4 is 0 Å². The van der Waals surface area contributed by atoms with Gasteiger partial charge in [-0.2, -0.15) is 5.10 Å². The highest BCUT2D eigenvalue weighted by molar-refractivity contribution is 5.43. The number of aromatic nitrogens is 2. The minimum Gasteiger partial charge on any atom is -0.487 e. The van der Waals surface area contributed by atoms with Gasteiger partial charge in [0.2, 0.25) is 0 Å². The number of rotatable bonds is 5. The van der Waals surface area contributed by atoms with Crippen LogP contribution in [0.15, 0.2) is 18.2 Å². The summed E-state index contributed by atoms with van der Waals surface area (Å²) in [7, 11) is 1.94. The molecule has 4 heteroatoms. The zero-order chi connectivity index (χ0) is 18.8. The lowest BCUT2D eigenvalue weighted by molar-refractivity contribution is 0.291. The monoisotopic (exact) mass is 343 g/mol. The van der Waals surface area contributed by atoms with Gasteiger partial charge in [-0.3, -0.25) is 5.10 Å². The van der Waals surface area contributed by atoms with Crippen LogP contribution in [-0.2, 0) is 24.0 Å². The SMILES string of the molecule is CNCc1c(COc2ccc(C(C)(C)C)cc2C(C)(C)C)n[nH]c1C. The zero-order valence-corrected chi connectivity index (χ0v) is 17.0. The first-order valence-corrected chi connectivity index (χ1v) is 8.99. The minimum absolute atomic E-state index is 0.0197. The fourth-order valence-electron chi connectivity index (χ4n) is 2.89. The van der Waals surface area contributed by atoms with E-state index in [0.717, 1.165) is 23.7 Å². The van der Waals surface area contributed by atoms with E-state index in [4.69, 9.17) is 4.74 Å². The van der Waals surface area contributed by atoms with Crippen LogP contribution in [0, 0.1) is 6.92 Å². The van der Waals surface area contributed by atoms with Crippen molar-refractivity contribution in [3.05, 3.63) is 46.3 Å². The predicted molar refractivity (Wildman–Crippen MR) is 104 cm³/mol. The van der Waals surface area contributed by atoms with Crippen LogP contribution >= 0.6 is 0 Å². The van der Waals surface area contributed by atoms with Crippen LogP contribution in [0.5, 0.6) is 5.75 Å². The molecular weight excluding hydrogens is 310 g/mol. The normalized spacial score (nSPS) is 12.5. The Bertz CT molecular complexity index is 718. The molecule has 0 saturated heterocycles. The number of nitrogens with zero attached hydrogens (tertiary/aromatic N) is 1. The summed E-state index contributed by atoms with van der Waals surface area (Å²) in [5.41, 5.74) is 5.95. The summed E-state index contributed by atoms with van der Waals surface area (Å²) in [5, 5.41) is 10.7. The van der Waals surface area contributed by atoms with Gasteiger partial charge in [0, 0.05) is 17.8 Å². The number of ether oxygens (including phenoxy) is 1. The van der Waals surface area contributed by atoms with Crippen LogP contribution in [-0.4, -0.2) is 17.2 Å². The van der Waals surface area contributed by atoms with Gasteiger partial charge < -0.3 is 10.1 Å². The van der Waals surface area contributed by atoms with Gasteiger partial charge in [-0.15, -0.1) is 0 Å². The molecule has 0 aliphatic heterocycles. The summed E-state index contributed by atoms with van der Waals surface area (Å²) in [6.45, 7) is 16.7. The highest BCUT2D eigenvalue weighted by atomic mass is 16.5. The van der Waals surface area contributed by atoms with E-state index in [2.05, 4.69) is 75.3 Å². The molecule has 138 valence electrons. The minimum atomic E-state index is 0.0197. The molecule has 0 saturated carbocycles. The maximum absolute atomic E-state index is 6.21. The molecule has 0 fully saturated rings. The Morgan fingerprint density at radius 2 is 1.76 bits per heavy atom. The number of aryl methyl sites for hydroxylation is 1. The van der Waals surface area contributed by atoms with E-state index in [9.17, 15) is 0 Å². The molecule has 1 heterocycles. The molecule has 25 heavy (non-hydrogen) atoms. The second-order valence-corrected chi connectivity index (χ2v) is 8.80. The topological polar surface area (TPSA) is 49.9 Å². The van der Waals surface area contributed by atoms with Crippen molar-refractivity contribution in [2.75, 3.05) is 7.05 Å². The molecule has 2 aromatic rings. The molecule has 2 N–H and O–H groups in total. The number of hydrogen-bond donors (Lipinski definition) is 2. The van der Waals surface area contributed by atoms with Crippen LogP contribution in [0.2, 0.25) is 0 Å². The quantitative estimate of drug-likeness (QED) is 0.833. The molecule has 0 spiro atoms. The van der Waals surface area contributed by atoms with E-state index in [1.54, 1.807) is 0 Å². The van der Waals surface area contributed by atoms with Gasteiger partial charge in [0.05, 0.1) is 0 Å². The van der Waals surface area contributed by atoms with Crippen LogP contribution in [0.3, 0.4) is 0 Å². The Hall–Kier alpha value is -1.81. The second kappa shape index (κ2) is 7.20. The smallest absolute Gasteiger partial charge is 0.132 e. The fourth-order valence-corrected chi connectivity index (χ4v) is 2.89. The predicted octanol–water partition coefficient (Wildman–Crippen LogP) is 4.61. The second-order valence-electron chi connectivity index (χ2n) is 8.80. The van der Waals surface area contributed by atoms with E-state index in [0.29, 0.717) is 6.61 Å². The van der Waals surface area contributed by atoms with Gasteiger partial charge in [-0.1, -0.05) is 53.7 Å². The first kappa shape index (κ1) is 19.5. The third-order valence-electron chi connectivity index (χ3n) is 4.53. The van der Waals surface area contributed by atoms with Crippen molar-refractivity contribution in [3.63, 3.8) is 0 Å². The molecule has 0 bridgehead atoms. The molecule has 1 aromatic carbocycles. The number of H-pyrrole nitrogens is 1. The lowest BCUT2D eigenvalue weighted by Gasteiger charge is -2.27. The Balaban J connectivity index is 2.31. The Morgan fingerprint density at radius 3 is 2.32 bits per heavy atom. The van der Waals surface area contributed by atoms with Crippen LogP contribution in [0.1, 0.15) is 69.6 Å². The first-order chi connectivity index (χ1) is 11.5. The van der Waals surface area contributed by atoms with E-state index in [-0.39, 0.29) is 10.8 Å². The van der Waals surface area contributed by atoms with Crippen molar-refractivity contribution in [1.29, 1.82) is 0 Å². The van der Waals surface area contributed by atoms with Gasteiger partial charge in [-0.05, 0) is 42.0 Å². The van der Waals surface area contributed by atoms with Gasteiger partial charge in [0.1, 0.15) is 18.1 Å². The van der Waals surface area contributed by atoms with Crippen LogP contribution < -0.4 is 10.1 Å². The molecule has 0 unspecified atom stereocenters.